The minimum absolute atomic E-state index is 0.186. The first-order valence-corrected chi connectivity index (χ1v) is 10.9. The molecule has 3 fully saturated rings. The maximum atomic E-state index is 11.9. The Kier molecular flexibility index (Phi) is 7.80. The third-order valence-electron chi connectivity index (χ3n) is 5.22. The predicted octanol–water partition coefficient (Wildman–Crippen LogP) is 1.49. The monoisotopic (exact) mass is 402 g/mol. The fourth-order valence-corrected chi connectivity index (χ4v) is 4.87. The van der Waals surface area contributed by atoms with Crippen LogP contribution < -0.4 is 0 Å². The van der Waals surface area contributed by atoms with Crippen LogP contribution in [0.4, 0.5) is 4.79 Å². The summed E-state index contributed by atoms with van der Waals surface area (Å²) < 4.78 is 11.5. The largest absolute Gasteiger partial charge is 0.450 e. The van der Waals surface area contributed by atoms with Crippen LogP contribution in [0, 0.1) is 0 Å². The number of rotatable bonds is 5. The average molecular weight is 403 g/mol. The highest BCUT2D eigenvalue weighted by molar-refractivity contribution is 8.22. The van der Waals surface area contributed by atoms with E-state index in [0.717, 1.165) is 82.2 Å². The van der Waals surface area contributed by atoms with Crippen molar-refractivity contribution < 1.29 is 14.3 Å². The second kappa shape index (κ2) is 10.1. The zero-order valence-electron chi connectivity index (χ0n) is 15.6. The number of hydrogen-bond donors (Lipinski definition) is 0. The van der Waals surface area contributed by atoms with Crippen LogP contribution in [0.3, 0.4) is 0 Å². The Hall–Kier alpha value is -0.610. The summed E-state index contributed by atoms with van der Waals surface area (Å²) in [7, 11) is 0. The van der Waals surface area contributed by atoms with Crippen LogP contribution in [-0.2, 0) is 9.47 Å². The van der Waals surface area contributed by atoms with Gasteiger partial charge in [0.25, 0.3) is 0 Å². The van der Waals surface area contributed by atoms with Gasteiger partial charge in [-0.05, 0) is 19.8 Å². The van der Waals surface area contributed by atoms with Crippen LogP contribution in [0.2, 0.25) is 0 Å². The van der Waals surface area contributed by atoms with Gasteiger partial charge in [0.15, 0.2) is 0 Å². The molecule has 3 rings (SSSR count). The van der Waals surface area contributed by atoms with E-state index in [-0.39, 0.29) is 6.09 Å². The first-order chi connectivity index (χ1) is 12.7. The standard InChI is InChI=1S/C17H30N4O3S2/c1-2-24-16(22)20-5-3-15(4-6-20)21-13-19(14-26-17(21)25)8-7-18-9-11-23-12-10-18/h15H,2-14H2,1H3. The van der Waals surface area contributed by atoms with Crippen LogP contribution >= 0.6 is 24.0 Å². The smallest absolute Gasteiger partial charge is 0.409 e. The summed E-state index contributed by atoms with van der Waals surface area (Å²) in [4.78, 5) is 21.0. The van der Waals surface area contributed by atoms with Gasteiger partial charge < -0.3 is 19.3 Å². The second-order valence-corrected chi connectivity index (χ2v) is 8.49. The number of thioether (sulfide) groups is 1. The van der Waals surface area contributed by atoms with Gasteiger partial charge in [0, 0.05) is 45.3 Å². The Morgan fingerprint density at radius 3 is 2.58 bits per heavy atom. The Morgan fingerprint density at radius 1 is 1.19 bits per heavy atom. The topological polar surface area (TPSA) is 48.5 Å². The van der Waals surface area contributed by atoms with Gasteiger partial charge in [0.1, 0.15) is 4.32 Å². The molecule has 0 aliphatic carbocycles. The summed E-state index contributed by atoms with van der Waals surface area (Å²) in [6.07, 6.45) is 1.72. The minimum atomic E-state index is -0.186. The van der Waals surface area contributed by atoms with Gasteiger partial charge in [-0.2, -0.15) is 0 Å². The SMILES string of the molecule is CCOC(=O)N1CCC(N2CN(CCN3CCOCC3)CSC2=S)CC1. The Labute approximate surface area is 165 Å². The fraction of sp³-hybridized carbons (Fsp3) is 0.882. The molecule has 0 saturated carbocycles. The molecule has 1 amide bonds. The van der Waals surface area contributed by atoms with Crippen molar-refractivity contribution in [2.75, 3.05) is 71.6 Å². The lowest BCUT2D eigenvalue weighted by Gasteiger charge is -2.44. The van der Waals surface area contributed by atoms with Gasteiger partial charge in [-0.15, -0.1) is 0 Å². The highest BCUT2D eigenvalue weighted by atomic mass is 32.2. The molecule has 0 bridgehead atoms. The lowest BCUT2D eigenvalue weighted by atomic mass is 10.0. The number of amides is 1. The molecule has 3 heterocycles. The molecule has 0 aromatic heterocycles. The molecule has 0 unspecified atom stereocenters. The Bertz CT molecular complexity index is 483. The van der Waals surface area contributed by atoms with E-state index in [1.807, 2.05) is 11.8 Å². The molecule has 7 nitrogen and oxygen atoms in total. The maximum absolute atomic E-state index is 11.9. The lowest BCUT2D eigenvalue weighted by Crippen LogP contribution is -2.54. The van der Waals surface area contributed by atoms with E-state index in [1.54, 1.807) is 11.8 Å². The number of morpholine rings is 1. The van der Waals surface area contributed by atoms with Crippen molar-refractivity contribution in [1.29, 1.82) is 0 Å². The quantitative estimate of drug-likeness (QED) is 0.641. The number of ether oxygens (including phenoxy) is 2. The van der Waals surface area contributed by atoms with Gasteiger partial charge in [0.05, 0.1) is 32.4 Å². The summed E-state index contributed by atoms with van der Waals surface area (Å²) in [5.74, 6) is 0.974. The molecule has 0 N–H and O–H groups in total. The van der Waals surface area contributed by atoms with Crippen molar-refractivity contribution >= 4 is 34.4 Å². The summed E-state index contributed by atoms with van der Waals surface area (Å²) in [5, 5.41) is 0. The zero-order valence-corrected chi connectivity index (χ0v) is 17.2. The average Bonchev–Trinajstić information content (AvgIpc) is 2.68. The number of thiocarbonyl (C=S) groups is 1. The molecular formula is C17H30N4O3S2. The van der Waals surface area contributed by atoms with Crippen LogP contribution in [0.1, 0.15) is 19.8 Å². The first kappa shape index (κ1) is 20.1. The van der Waals surface area contributed by atoms with Crippen LogP contribution in [-0.4, -0.2) is 108 Å². The second-order valence-electron chi connectivity index (χ2n) is 6.92. The lowest BCUT2D eigenvalue weighted by molar-refractivity contribution is 0.0308. The summed E-state index contributed by atoms with van der Waals surface area (Å²) in [6, 6.07) is 0.423. The number of carbonyl (C=O) groups excluding carboxylic acids is 1. The maximum Gasteiger partial charge on any atom is 0.409 e. The number of nitrogens with zero attached hydrogens (tertiary/aromatic N) is 4. The van der Waals surface area contributed by atoms with E-state index in [9.17, 15) is 4.79 Å². The Morgan fingerprint density at radius 2 is 1.88 bits per heavy atom. The van der Waals surface area contributed by atoms with Crippen LogP contribution in [0.15, 0.2) is 0 Å². The third-order valence-corrected chi connectivity index (χ3v) is 6.79. The van der Waals surface area contributed by atoms with Crippen molar-refractivity contribution in [2.24, 2.45) is 0 Å². The molecule has 0 spiro atoms. The summed E-state index contributed by atoms with van der Waals surface area (Å²) >= 11 is 7.39. The van der Waals surface area contributed by atoms with E-state index in [0.29, 0.717) is 12.6 Å². The molecule has 148 valence electrons. The number of piperidine rings is 1. The van der Waals surface area contributed by atoms with Crippen molar-refractivity contribution in [3.63, 3.8) is 0 Å². The van der Waals surface area contributed by atoms with E-state index < -0.39 is 0 Å². The van der Waals surface area contributed by atoms with Crippen molar-refractivity contribution in [3.8, 4) is 0 Å². The van der Waals surface area contributed by atoms with Crippen molar-refractivity contribution in [3.05, 3.63) is 0 Å². The third kappa shape index (κ3) is 5.45. The minimum Gasteiger partial charge on any atom is -0.450 e. The molecule has 0 aromatic rings. The van der Waals surface area contributed by atoms with Gasteiger partial charge in [-0.1, -0.05) is 24.0 Å². The van der Waals surface area contributed by atoms with Gasteiger partial charge in [-0.3, -0.25) is 9.80 Å². The summed E-state index contributed by atoms with van der Waals surface area (Å²) in [5.41, 5.74) is 0. The normalized spacial score (nSPS) is 24.1. The van der Waals surface area contributed by atoms with Crippen LogP contribution in [0.5, 0.6) is 0 Å². The van der Waals surface area contributed by atoms with Crippen LogP contribution in [0.25, 0.3) is 0 Å². The molecule has 26 heavy (non-hydrogen) atoms. The number of carbonyl (C=O) groups is 1. The predicted molar refractivity (Wildman–Crippen MR) is 107 cm³/mol. The molecule has 3 saturated heterocycles. The highest BCUT2D eigenvalue weighted by Crippen LogP contribution is 2.26. The molecule has 9 heteroatoms. The van der Waals surface area contributed by atoms with E-state index in [2.05, 4.69) is 14.7 Å². The van der Waals surface area contributed by atoms with Gasteiger partial charge >= 0.3 is 6.09 Å². The zero-order chi connectivity index (χ0) is 18.4. The summed E-state index contributed by atoms with van der Waals surface area (Å²) in [6.45, 7) is 10.6. The first-order valence-electron chi connectivity index (χ1n) is 9.55. The highest BCUT2D eigenvalue weighted by Gasteiger charge is 2.32. The molecule has 0 atom stereocenters. The van der Waals surface area contributed by atoms with E-state index >= 15 is 0 Å². The molecule has 0 aromatic carbocycles. The molecule has 0 radical (unpaired) electrons. The molecular weight excluding hydrogens is 372 g/mol. The van der Waals surface area contributed by atoms with Crippen molar-refractivity contribution in [1.82, 2.24) is 19.6 Å². The van der Waals surface area contributed by atoms with E-state index in [1.165, 1.54) is 0 Å². The van der Waals surface area contributed by atoms with Gasteiger partial charge in [-0.25, -0.2) is 4.79 Å². The molecule has 3 aliphatic heterocycles. The fourth-order valence-electron chi connectivity index (χ4n) is 3.63. The number of likely N-dealkylation sites (tertiary alicyclic amines) is 1. The van der Waals surface area contributed by atoms with Crippen molar-refractivity contribution in [2.45, 2.75) is 25.8 Å². The van der Waals surface area contributed by atoms with E-state index in [4.69, 9.17) is 21.7 Å². The Balaban J connectivity index is 1.44. The number of hydrogen-bond acceptors (Lipinski definition) is 7. The molecule has 3 aliphatic rings. The van der Waals surface area contributed by atoms with Gasteiger partial charge in [0.2, 0.25) is 0 Å².